The molecule has 0 aromatic carbocycles. The predicted octanol–water partition coefficient (Wildman–Crippen LogP) is 1.66. The zero-order valence-corrected chi connectivity index (χ0v) is 14.3. The number of nitrogens with one attached hydrogen (secondary N) is 1. The first-order valence-corrected chi connectivity index (χ1v) is 8.88. The van der Waals surface area contributed by atoms with Crippen LogP contribution >= 0.6 is 0 Å². The summed E-state index contributed by atoms with van der Waals surface area (Å²) in [6, 6.07) is 0. The van der Waals surface area contributed by atoms with E-state index >= 15 is 0 Å². The standard InChI is InChI=1S/C17H35N3O/c1-15(2)12-20-10-11-21-17(14-20)13-19-8-5-16(6-9-19)4-7-18-3/h15-18H,4-14H2,1-3H3. The summed E-state index contributed by atoms with van der Waals surface area (Å²) >= 11 is 0. The lowest BCUT2D eigenvalue weighted by atomic mass is 9.93. The van der Waals surface area contributed by atoms with Gasteiger partial charge in [0.1, 0.15) is 0 Å². The second kappa shape index (κ2) is 9.09. The predicted molar refractivity (Wildman–Crippen MR) is 88.7 cm³/mol. The van der Waals surface area contributed by atoms with Gasteiger partial charge in [-0.25, -0.2) is 0 Å². The highest BCUT2D eigenvalue weighted by Gasteiger charge is 2.25. The van der Waals surface area contributed by atoms with Crippen LogP contribution in [0.2, 0.25) is 0 Å². The lowest BCUT2D eigenvalue weighted by Gasteiger charge is -2.38. The highest BCUT2D eigenvalue weighted by molar-refractivity contribution is 4.79. The van der Waals surface area contributed by atoms with Crippen LogP contribution in [-0.2, 0) is 4.74 Å². The molecular weight excluding hydrogens is 262 g/mol. The molecule has 0 saturated carbocycles. The van der Waals surface area contributed by atoms with Gasteiger partial charge in [-0.1, -0.05) is 13.8 Å². The van der Waals surface area contributed by atoms with Gasteiger partial charge in [0.2, 0.25) is 0 Å². The molecule has 2 rings (SSSR count). The van der Waals surface area contributed by atoms with Crippen LogP contribution in [0.1, 0.15) is 33.1 Å². The molecule has 0 bridgehead atoms. The van der Waals surface area contributed by atoms with E-state index in [0.717, 1.165) is 38.1 Å². The molecule has 4 heteroatoms. The lowest BCUT2D eigenvalue weighted by molar-refractivity contribution is -0.0493. The maximum atomic E-state index is 5.99. The first kappa shape index (κ1) is 17.2. The summed E-state index contributed by atoms with van der Waals surface area (Å²) in [6.45, 7) is 13.8. The Bertz CT molecular complexity index is 277. The van der Waals surface area contributed by atoms with Crippen LogP contribution in [0.25, 0.3) is 0 Å². The molecule has 2 fully saturated rings. The quantitative estimate of drug-likeness (QED) is 0.773. The van der Waals surface area contributed by atoms with Gasteiger partial charge in [0.15, 0.2) is 0 Å². The Kier molecular flexibility index (Phi) is 7.44. The molecule has 1 N–H and O–H groups in total. The fraction of sp³-hybridized carbons (Fsp3) is 1.00. The number of likely N-dealkylation sites (tertiary alicyclic amines) is 1. The Balaban J connectivity index is 1.66. The summed E-state index contributed by atoms with van der Waals surface area (Å²) in [6.07, 6.45) is 4.49. The smallest absolute Gasteiger partial charge is 0.0829 e. The van der Waals surface area contributed by atoms with Gasteiger partial charge < -0.3 is 15.0 Å². The molecule has 0 spiro atoms. The van der Waals surface area contributed by atoms with E-state index in [9.17, 15) is 0 Å². The van der Waals surface area contributed by atoms with Crippen molar-refractivity contribution in [3.63, 3.8) is 0 Å². The van der Waals surface area contributed by atoms with Gasteiger partial charge >= 0.3 is 0 Å². The second-order valence-corrected chi connectivity index (χ2v) is 7.28. The van der Waals surface area contributed by atoms with Crippen LogP contribution in [0.3, 0.4) is 0 Å². The van der Waals surface area contributed by atoms with Crippen molar-refractivity contribution in [2.75, 3.05) is 59.5 Å². The largest absolute Gasteiger partial charge is 0.374 e. The molecular formula is C17H35N3O. The first-order valence-electron chi connectivity index (χ1n) is 8.88. The number of hydrogen-bond donors (Lipinski definition) is 1. The molecule has 2 saturated heterocycles. The Hall–Kier alpha value is -0.160. The Morgan fingerprint density at radius 2 is 1.90 bits per heavy atom. The molecule has 2 aliphatic rings. The van der Waals surface area contributed by atoms with Crippen molar-refractivity contribution in [1.82, 2.24) is 15.1 Å². The Labute approximate surface area is 131 Å². The van der Waals surface area contributed by atoms with Crippen molar-refractivity contribution in [2.45, 2.75) is 39.2 Å². The fourth-order valence-electron chi connectivity index (χ4n) is 3.67. The van der Waals surface area contributed by atoms with Crippen molar-refractivity contribution in [3.05, 3.63) is 0 Å². The molecule has 0 aliphatic carbocycles. The molecule has 0 amide bonds. The van der Waals surface area contributed by atoms with Crippen LogP contribution < -0.4 is 5.32 Å². The minimum absolute atomic E-state index is 0.423. The van der Waals surface area contributed by atoms with Crippen molar-refractivity contribution in [1.29, 1.82) is 0 Å². The van der Waals surface area contributed by atoms with E-state index in [4.69, 9.17) is 4.74 Å². The van der Waals surface area contributed by atoms with Gasteiger partial charge in [0.25, 0.3) is 0 Å². The molecule has 2 heterocycles. The first-order chi connectivity index (χ1) is 10.2. The highest BCUT2D eigenvalue weighted by atomic mass is 16.5. The van der Waals surface area contributed by atoms with E-state index in [-0.39, 0.29) is 0 Å². The van der Waals surface area contributed by atoms with Crippen LogP contribution in [0.15, 0.2) is 0 Å². The number of hydrogen-bond acceptors (Lipinski definition) is 4. The number of morpholine rings is 1. The fourth-order valence-corrected chi connectivity index (χ4v) is 3.67. The van der Waals surface area contributed by atoms with Gasteiger partial charge in [-0.2, -0.15) is 0 Å². The van der Waals surface area contributed by atoms with Gasteiger partial charge in [-0.3, -0.25) is 4.90 Å². The molecule has 0 aromatic rings. The van der Waals surface area contributed by atoms with Crippen molar-refractivity contribution < 1.29 is 4.74 Å². The van der Waals surface area contributed by atoms with Gasteiger partial charge in [0.05, 0.1) is 12.7 Å². The minimum Gasteiger partial charge on any atom is -0.374 e. The summed E-state index contributed by atoms with van der Waals surface area (Å²) < 4.78 is 5.99. The topological polar surface area (TPSA) is 27.7 Å². The molecule has 2 aliphatic heterocycles. The third-order valence-electron chi connectivity index (χ3n) is 4.82. The Morgan fingerprint density at radius 3 is 2.57 bits per heavy atom. The third kappa shape index (κ3) is 6.23. The number of rotatable bonds is 7. The van der Waals surface area contributed by atoms with E-state index in [1.165, 1.54) is 45.4 Å². The zero-order valence-electron chi connectivity index (χ0n) is 14.3. The summed E-state index contributed by atoms with van der Waals surface area (Å²) in [7, 11) is 2.05. The third-order valence-corrected chi connectivity index (χ3v) is 4.82. The SMILES string of the molecule is CNCCC1CCN(CC2CN(CC(C)C)CCO2)CC1. The van der Waals surface area contributed by atoms with Crippen LogP contribution in [0, 0.1) is 11.8 Å². The number of piperidine rings is 1. The maximum Gasteiger partial charge on any atom is 0.0829 e. The summed E-state index contributed by atoms with van der Waals surface area (Å²) in [5, 5.41) is 3.27. The van der Waals surface area contributed by atoms with Crippen LogP contribution in [0.4, 0.5) is 0 Å². The monoisotopic (exact) mass is 297 g/mol. The highest BCUT2D eigenvalue weighted by Crippen LogP contribution is 2.21. The maximum absolute atomic E-state index is 5.99. The van der Waals surface area contributed by atoms with E-state index < -0.39 is 0 Å². The molecule has 4 nitrogen and oxygen atoms in total. The molecule has 0 radical (unpaired) electrons. The van der Waals surface area contributed by atoms with Crippen molar-refractivity contribution in [2.24, 2.45) is 11.8 Å². The van der Waals surface area contributed by atoms with E-state index in [2.05, 4.69) is 36.0 Å². The van der Waals surface area contributed by atoms with Crippen molar-refractivity contribution >= 4 is 0 Å². The van der Waals surface area contributed by atoms with Crippen molar-refractivity contribution in [3.8, 4) is 0 Å². The average Bonchev–Trinajstić information content (AvgIpc) is 2.46. The lowest BCUT2D eigenvalue weighted by Crippen LogP contribution is -2.49. The number of nitrogens with zero attached hydrogens (tertiary/aromatic N) is 2. The molecule has 1 atom stereocenters. The Morgan fingerprint density at radius 1 is 1.14 bits per heavy atom. The van der Waals surface area contributed by atoms with Crippen LogP contribution in [-0.4, -0.2) is 75.4 Å². The second-order valence-electron chi connectivity index (χ2n) is 7.28. The summed E-state index contributed by atoms with van der Waals surface area (Å²) in [5.74, 6) is 1.69. The van der Waals surface area contributed by atoms with E-state index in [1.54, 1.807) is 0 Å². The molecule has 21 heavy (non-hydrogen) atoms. The van der Waals surface area contributed by atoms with Gasteiger partial charge in [-0.05, 0) is 57.8 Å². The van der Waals surface area contributed by atoms with Crippen LogP contribution in [0.5, 0.6) is 0 Å². The van der Waals surface area contributed by atoms with E-state index in [1.807, 2.05) is 0 Å². The molecule has 0 aromatic heterocycles. The molecule has 124 valence electrons. The normalized spacial score (nSPS) is 26.6. The minimum atomic E-state index is 0.423. The van der Waals surface area contributed by atoms with Gasteiger partial charge in [0, 0.05) is 26.2 Å². The van der Waals surface area contributed by atoms with Gasteiger partial charge in [-0.15, -0.1) is 0 Å². The zero-order chi connectivity index (χ0) is 15.1. The number of ether oxygens (including phenoxy) is 1. The molecule has 1 unspecified atom stereocenters. The average molecular weight is 297 g/mol. The van der Waals surface area contributed by atoms with E-state index in [0.29, 0.717) is 6.10 Å². The summed E-state index contributed by atoms with van der Waals surface area (Å²) in [5.41, 5.74) is 0. The summed E-state index contributed by atoms with van der Waals surface area (Å²) in [4.78, 5) is 5.21.